The summed E-state index contributed by atoms with van der Waals surface area (Å²) < 4.78 is 0. The van der Waals surface area contributed by atoms with Crippen LogP contribution in [0, 0.1) is 5.92 Å². The van der Waals surface area contributed by atoms with Crippen molar-refractivity contribution < 1.29 is 156 Å². The van der Waals surface area contributed by atoms with Crippen LogP contribution < -0.4 is 80.6 Å². The number of nitrogens with two attached hydrogens (primary N) is 2. The fourth-order valence-electron chi connectivity index (χ4n) is 13.6. The molecule has 49 heteroatoms. The average Bonchev–Trinajstić information content (AvgIpc) is 1.71. The number of phenols is 1. The summed E-state index contributed by atoms with van der Waals surface area (Å²) in [7, 11) is 0. The van der Waals surface area contributed by atoms with E-state index < -0.39 is 330 Å². The van der Waals surface area contributed by atoms with E-state index in [0.29, 0.717) is 22.0 Å². The van der Waals surface area contributed by atoms with Crippen LogP contribution in [0.4, 0.5) is 0 Å². The molecule has 1 saturated heterocycles. The van der Waals surface area contributed by atoms with Gasteiger partial charge in [-0.15, -0.1) is 0 Å². The van der Waals surface area contributed by atoms with Gasteiger partial charge in [-0.3, -0.25) is 105 Å². The fourth-order valence-corrected chi connectivity index (χ4v) is 13.6. The highest BCUT2D eigenvalue weighted by atomic mass is 16.4. The van der Waals surface area contributed by atoms with Gasteiger partial charge in [0.05, 0.1) is 25.4 Å². The van der Waals surface area contributed by atoms with Crippen molar-refractivity contribution in [2.75, 3.05) is 13.1 Å². The maximum Gasteiger partial charge on any atom is 0.326 e. The first-order valence-electron chi connectivity index (χ1n) is 41.6. The molecule has 718 valence electrons. The number of primary amides is 1. The lowest BCUT2D eigenvalue weighted by molar-refractivity contribution is -0.144. The van der Waals surface area contributed by atoms with Gasteiger partial charge < -0.3 is 136 Å². The Bertz CT molecular complexity index is 4870. The number of fused-ring (bicyclic) bond motifs is 1. The number of aliphatic carboxylic acids is 8. The molecule has 0 unspecified atom stereocenters. The van der Waals surface area contributed by atoms with Gasteiger partial charge in [0, 0.05) is 81.4 Å². The number of nitrogens with one attached hydrogen (secondary N) is 14. The smallest absolute Gasteiger partial charge is 0.326 e. The van der Waals surface area contributed by atoms with E-state index in [9.17, 15) is 151 Å². The zero-order chi connectivity index (χ0) is 98.3. The Morgan fingerprint density at radius 2 is 0.788 bits per heavy atom. The van der Waals surface area contributed by atoms with Crippen LogP contribution in [-0.2, 0) is 130 Å². The van der Waals surface area contributed by atoms with Gasteiger partial charge in [-0.05, 0) is 106 Å². The molecule has 132 heavy (non-hydrogen) atoms. The summed E-state index contributed by atoms with van der Waals surface area (Å²) >= 11 is 0. The molecule has 1 aliphatic rings. The molecule has 2 heterocycles. The number of amides is 15. The second-order valence-corrected chi connectivity index (χ2v) is 31.4. The van der Waals surface area contributed by atoms with Crippen molar-refractivity contribution in [3.63, 3.8) is 0 Å². The number of H-pyrrole nitrogens is 1. The van der Waals surface area contributed by atoms with E-state index in [1.807, 2.05) is 0 Å². The lowest BCUT2D eigenvalue weighted by atomic mass is 9.99. The largest absolute Gasteiger partial charge is 0.508 e. The number of carbonyl (C=O) groups excluding carboxylic acids is 15. The van der Waals surface area contributed by atoms with E-state index in [2.05, 4.69) is 74.1 Å². The minimum Gasteiger partial charge on any atom is -0.508 e. The number of aromatic amines is 1. The molecule has 27 N–H and O–H groups in total. The summed E-state index contributed by atoms with van der Waals surface area (Å²) in [5.74, 6) is -30.9. The number of nitrogens with zero attached hydrogens (tertiary/aromatic N) is 1. The van der Waals surface area contributed by atoms with Crippen LogP contribution in [0.1, 0.15) is 147 Å². The maximum absolute atomic E-state index is 15.0. The van der Waals surface area contributed by atoms with Crippen molar-refractivity contribution in [2.24, 2.45) is 17.4 Å². The predicted molar refractivity (Wildman–Crippen MR) is 453 cm³/mol. The summed E-state index contributed by atoms with van der Waals surface area (Å²) in [5, 5.41) is 118. The van der Waals surface area contributed by atoms with E-state index in [0.717, 1.165) is 11.8 Å². The topological polar surface area (TPSA) is 802 Å². The van der Waals surface area contributed by atoms with Gasteiger partial charge in [0.25, 0.3) is 0 Å². The summed E-state index contributed by atoms with van der Waals surface area (Å²) in [5.41, 5.74) is 12.5. The molecule has 4 aromatic rings. The number of hydrogen-bond donors (Lipinski definition) is 25. The van der Waals surface area contributed by atoms with Crippen LogP contribution in [-0.4, -0.2) is 290 Å². The summed E-state index contributed by atoms with van der Waals surface area (Å²) in [6.45, 7) is 3.02. The van der Waals surface area contributed by atoms with Crippen molar-refractivity contribution in [3.8, 4) is 5.75 Å². The number of carbonyl (C=O) groups is 23. The molecule has 0 aliphatic carbocycles. The van der Waals surface area contributed by atoms with Crippen LogP contribution in [0.25, 0.3) is 10.9 Å². The van der Waals surface area contributed by atoms with E-state index in [1.54, 1.807) is 56.3 Å². The molecule has 1 fully saturated rings. The lowest BCUT2D eigenvalue weighted by Gasteiger charge is -2.29. The highest BCUT2D eigenvalue weighted by molar-refractivity contribution is 6.02. The maximum atomic E-state index is 15.0. The van der Waals surface area contributed by atoms with Gasteiger partial charge in [0.1, 0.15) is 84.3 Å². The summed E-state index contributed by atoms with van der Waals surface area (Å²) in [4.78, 5) is 309. The van der Waals surface area contributed by atoms with Gasteiger partial charge in [0.2, 0.25) is 88.6 Å². The Labute approximate surface area is 751 Å². The molecule has 15 amide bonds. The van der Waals surface area contributed by atoms with Crippen molar-refractivity contribution in [1.82, 2.24) is 79.0 Å². The Kier molecular flexibility index (Phi) is 43.0. The molecule has 5 rings (SSSR count). The van der Waals surface area contributed by atoms with Crippen LogP contribution in [0.15, 0.2) is 85.1 Å². The third-order valence-corrected chi connectivity index (χ3v) is 20.4. The quantitative estimate of drug-likeness (QED) is 0.0197. The SMILES string of the molecule is CC(C)C[C@H](NC(=O)[C@H](Cc1c[nH]c2ccccc12)NC(=O)[C@H](CCC(=O)O)NC(=O)[C@H](Cc1ccccc1)NC(=O)[C@H](Cc1ccc(O)cc1)NC(=O)[C@H](CC(=O)O)NC(=O)CNC(=O)[C@H](CCC(=O)O)NC(=O)[C@@H]1CCCN1C(=O)[C@H](C)NC(=O)[C@H](CC(=O)O)NC(=O)[C@H](CCC(=O)O)NC(=O)[C@H](CCC(N)=O)NC(=O)[C@@H](N)CCC(=O)O)C(=O)N[C@@H](CCC(=O)O)C(=O)O. The Balaban J connectivity index is 1.36. The Morgan fingerprint density at radius 1 is 0.402 bits per heavy atom. The van der Waals surface area contributed by atoms with E-state index >= 15 is 0 Å². The van der Waals surface area contributed by atoms with E-state index in [1.165, 1.54) is 42.6 Å². The fraction of sp³-hybridized carbons (Fsp3) is 0.482. The number of benzene rings is 3. The molecule has 1 aromatic heterocycles. The Hall–Kier alpha value is -15.2. The van der Waals surface area contributed by atoms with Crippen LogP contribution in [0.2, 0.25) is 0 Å². The second-order valence-electron chi connectivity index (χ2n) is 31.4. The van der Waals surface area contributed by atoms with Gasteiger partial charge >= 0.3 is 47.8 Å². The minimum absolute atomic E-state index is 0.0702. The highest BCUT2D eigenvalue weighted by Gasteiger charge is 2.42. The number of hydrogen-bond acceptors (Lipinski definition) is 25. The molecule has 14 atom stereocenters. The van der Waals surface area contributed by atoms with Crippen LogP contribution in [0.3, 0.4) is 0 Å². The number of likely N-dealkylation sites (tertiary alicyclic amines) is 1. The first kappa shape index (κ1) is 107. The first-order chi connectivity index (χ1) is 62.2. The zero-order valence-electron chi connectivity index (χ0n) is 71.8. The number of aromatic hydroxyl groups is 1. The number of phenolic OH excluding ortho intramolecular Hbond substituents is 1. The number of carboxylic acid groups (broad SMARTS) is 8. The molecular formula is C83H109N17O32. The third kappa shape index (κ3) is 37.2. The number of rotatable bonds is 58. The minimum atomic E-state index is -2.15. The molecule has 0 saturated carbocycles. The van der Waals surface area contributed by atoms with Gasteiger partial charge in [-0.2, -0.15) is 0 Å². The Morgan fingerprint density at radius 3 is 1.27 bits per heavy atom. The second kappa shape index (κ2) is 52.9. The van der Waals surface area contributed by atoms with Crippen LogP contribution >= 0.6 is 0 Å². The third-order valence-electron chi connectivity index (χ3n) is 20.4. The normalized spacial score (nSPS) is 15.1. The molecule has 1 aliphatic heterocycles. The van der Waals surface area contributed by atoms with Crippen molar-refractivity contribution in [1.29, 1.82) is 0 Å². The number of carboxylic acids is 8. The number of para-hydroxylation sites is 1. The van der Waals surface area contributed by atoms with Crippen molar-refractivity contribution in [3.05, 3.63) is 102 Å². The van der Waals surface area contributed by atoms with Crippen molar-refractivity contribution >= 4 is 147 Å². The van der Waals surface area contributed by atoms with Gasteiger partial charge in [0.15, 0.2) is 0 Å². The van der Waals surface area contributed by atoms with Gasteiger partial charge in [-0.25, -0.2) is 4.79 Å². The first-order valence-corrected chi connectivity index (χ1v) is 41.6. The van der Waals surface area contributed by atoms with Crippen LogP contribution in [0.5, 0.6) is 5.75 Å². The van der Waals surface area contributed by atoms with Crippen molar-refractivity contribution in [2.45, 2.75) is 234 Å². The van der Waals surface area contributed by atoms with Gasteiger partial charge in [-0.1, -0.05) is 74.5 Å². The molecule has 3 aromatic carbocycles. The van der Waals surface area contributed by atoms with E-state index in [-0.39, 0.29) is 49.5 Å². The molecule has 49 nitrogen and oxygen atoms in total. The standard InChI is InChI=1S/C83H109N17O32/c1-40(2)32-54(76(124)94-53(83(131)132)24-30-67(112)113)95-79(127)57(35-44-38-86-48-13-8-7-12-46(44)48)98-73(121)52(23-29-66(110)111)92-77(125)55(33-42-10-5-4-6-11-42)96-78(126)56(34-43-15-17-45(101)18-16-43)97-80(128)58(36-68(114)115)89-62(103)39-87-71(119)49(21-27-64(106)107)93-81(129)60-14-9-31-100(60)82(130)41(3)88-75(123)59(37-69(116)117)99-74(122)51(22-28-65(108)109)91-72(120)50(20-25-61(85)102)90-70(118)47(84)19-26-63(104)105/h4-8,10-13,15-18,38,40-41,47,49-60,86,101H,9,14,19-37,39,84H2,1-3H3,(H2,85,102)(H,87,119)(H,88,123)(H,89,103)(H,90,118)(H,91,120)(H,92,125)(H,93,129)(H,94,124)(H,95,127)(H,96,126)(H,97,128)(H,98,121)(H,99,122)(H,104,105)(H,106,107)(H,108,109)(H,110,111)(H,112,113)(H,114,115)(H,116,117)(H,131,132)/t41-,47-,49-,50-,51-,52-,53-,54-,55-,56-,57-,58-,59-,60-/m0/s1. The summed E-state index contributed by atoms with van der Waals surface area (Å²) in [6, 6.07) is -5.53. The predicted octanol–water partition coefficient (Wildman–Crippen LogP) is -5.16. The van der Waals surface area contributed by atoms with E-state index in [4.69, 9.17) is 16.6 Å². The number of aromatic nitrogens is 1. The molecule has 0 spiro atoms. The lowest BCUT2D eigenvalue weighted by Crippen LogP contribution is -2.61. The molecule has 0 radical (unpaired) electrons. The highest BCUT2D eigenvalue weighted by Crippen LogP contribution is 2.23. The molecular weight excluding hydrogens is 1750 g/mol. The summed E-state index contributed by atoms with van der Waals surface area (Å²) in [6.07, 6.45) is -10.5. The average molecular weight is 1860 g/mol. The monoisotopic (exact) mass is 1860 g/mol. The molecule has 0 bridgehead atoms. The zero-order valence-corrected chi connectivity index (χ0v) is 71.8.